The van der Waals surface area contributed by atoms with Crippen molar-refractivity contribution in [1.82, 2.24) is 10.2 Å². The molecular formula is C10H12F3N3O2S. The fourth-order valence-electron chi connectivity index (χ4n) is 2.03. The van der Waals surface area contributed by atoms with Crippen molar-refractivity contribution >= 4 is 22.4 Å². The van der Waals surface area contributed by atoms with E-state index in [9.17, 15) is 18.0 Å². The molecule has 1 aromatic heterocycles. The Balaban J connectivity index is 1.93. The summed E-state index contributed by atoms with van der Waals surface area (Å²) >= 11 is 0.526. The summed E-state index contributed by atoms with van der Waals surface area (Å²) in [5.41, 5.74) is 0. The maximum Gasteiger partial charge on any atom is 0.445 e. The monoisotopic (exact) mass is 295 g/mol. The molecule has 0 saturated carbocycles. The maximum absolute atomic E-state index is 12.4. The lowest BCUT2D eigenvalue weighted by molar-refractivity contribution is -0.138. The Labute approximate surface area is 111 Å². The highest BCUT2D eigenvalue weighted by Crippen LogP contribution is 2.36. The van der Waals surface area contributed by atoms with Gasteiger partial charge in [-0.3, -0.25) is 4.79 Å². The van der Waals surface area contributed by atoms with Gasteiger partial charge in [-0.2, -0.15) is 13.2 Å². The first-order chi connectivity index (χ1) is 8.86. The van der Waals surface area contributed by atoms with Crippen LogP contribution in [0.1, 0.15) is 24.3 Å². The molecule has 1 N–H and O–H groups in total. The normalized spacial score (nSPS) is 19.9. The third kappa shape index (κ3) is 3.55. The Morgan fingerprint density at radius 2 is 2.21 bits per heavy atom. The molecule has 1 aliphatic heterocycles. The zero-order valence-electron chi connectivity index (χ0n) is 9.85. The lowest BCUT2D eigenvalue weighted by Crippen LogP contribution is -2.19. The van der Waals surface area contributed by atoms with E-state index >= 15 is 0 Å². The molecule has 0 aromatic carbocycles. The molecule has 0 bridgehead atoms. The second-order valence-electron chi connectivity index (χ2n) is 4.42. The van der Waals surface area contributed by atoms with Crippen LogP contribution in [0.25, 0.3) is 0 Å². The molecule has 5 nitrogen and oxygen atoms in total. The van der Waals surface area contributed by atoms with Gasteiger partial charge in [-0.05, 0) is 18.8 Å². The number of rotatable bonds is 4. The highest BCUT2D eigenvalue weighted by molar-refractivity contribution is 7.15. The fraction of sp³-hybridized carbons (Fsp3) is 0.700. The van der Waals surface area contributed by atoms with Gasteiger partial charge in [-0.25, -0.2) is 0 Å². The Hall–Kier alpha value is -1.38. The van der Waals surface area contributed by atoms with Gasteiger partial charge in [0.05, 0.1) is 0 Å². The predicted octanol–water partition coefficient (Wildman–Crippen LogP) is 2.25. The molecule has 19 heavy (non-hydrogen) atoms. The van der Waals surface area contributed by atoms with Crippen LogP contribution in [0.5, 0.6) is 0 Å². The fourth-order valence-corrected chi connectivity index (χ4v) is 2.77. The molecule has 2 rings (SSSR count). The number of nitrogens with zero attached hydrogens (tertiary/aromatic N) is 3. The zero-order valence-corrected chi connectivity index (χ0v) is 10.7. The summed E-state index contributed by atoms with van der Waals surface area (Å²) in [6.45, 7) is 1.14. The van der Waals surface area contributed by atoms with Crippen LogP contribution in [-0.2, 0) is 11.0 Å². The van der Waals surface area contributed by atoms with Crippen LogP contribution in [0.4, 0.5) is 18.3 Å². The molecule has 1 unspecified atom stereocenters. The van der Waals surface area contributed by atoms with E-state index in [2.05, 4.69) is 10.2 Å². The molecule has 0 spiro atoms. The smallest absolute Gasteiger partial charge is 0.445 e. The van der Waals surface area contributed by atoms with E-state index < -0.39 is 17.2 Å². The molecule has 0 aliphatic carbocycles. The third-order valence-corrected chi connectivity index (χ3v) is 4.01. The second-order valence-corrected chi connectivity index (χ2v) is 5.38. The Kier molecular flexibility index (Phi) is 3.93. The van der Waals surface area contributed by atoms with E-state index in [-0.39, 0.29) is 17.5 Å². The molecule has 106 valence electrons. The average Bonchev–Trinajstić information content (AvgIpc) is 2.94. The summed E-state index contributed by atoms with van der Waals surface area (Å²) in [5, 5.41) is 14.6. The van der Waals surface area contributed by atoms with Gasteiger partial charge in [0.25, 0.3) is 0 Å². The number of aliphatic carboxylic acids is 1. The van der Waals surface area contributed by atoms with Crippen LogP contribution in [0, 0.1) is 5.92 Å². The van der Waals surface area contributed by atoms with Crippen molar-refractivity contribution in [2.75, 3.05) is 18.0 Å². The van der Waals surface area contributed by atoms with Crippen molar-refractivity contribution in [1.29, 1.82) is 0 Å². The number of carbonyl (C=O) groups is 1. The van der Waals surface area contributed by atoms with Gasteiger partial charge in [0.2, 0.25) is 10.1 Å². The van der Waals surface area contributed by atoms with Gasteiger partial charge in [0, 0.05) is 19.5 Å². The Morgan fingerprint density at radius 1 is 1.47 bits per heavy atom. The molecule has 1 aliphatic rings. The molecule has 0 radical (unpaired) electrons. The van der Waals surface area contributed by atoms with Crippen LogP contribution >= 0.6 is 11.3 Å². The lowest BCUT2D eigenvalue weighted by Gasteiger charge is -2.13. The van der Waals surface area contributed by atoms with Crippen LogP contribution in [0.15, 0.2) is 0 Å². The number of hydrogen-bond donors (Lipinski definition) is 1. The first-order valence-electron chi connectivity index (χ1n) is 5.73. The van der Waals surface area contributed by atoms with E-state index in [4.69, 9.17) is 5.11 Å². The quantitative estimate of drug-likeness (QED) is 0.923. The number of carboxylic acids is 1. The van der Waals surface area contributed by atoms with Gasteiger partial charge < -0.3 is 10.0 Å². The summed E-state index contributed by atoms with van der Waals surface area (Å²) in [5.74, 6) is -0.664. The van der Waals surface area contributed by atoms with E-state index in [1.165, 1.54) is 0 Å². The zero-order chi connectivity index (χ0) is 14.0. The number of aromatic nitrogens is 2. The van der Waals surface area contributed by atoms with E-state index in [1.54, 1.807) is 4.90 Å². The second kappa shape index (κ2) is 5.32. The SMILES string of the molecule is O=C(O)CCC1CCN(c2nnc(C(F)(F)F)s2)C1. The number of hydrogen-bond acceptors (Lipinski definition) is 5. The van der Waals surface area contributed by atoms with Crippen LogP contribution in [0.3, 0.4) is 0 Å². The summed E-state index contributed by atoms with van der Waals surface area (Å²) in [4.78, 5) is 12.2. The Bertz CT molecular complexity index is 463. The maximum atomic E-state index is 12.4. The standard InChI is InChI=1S/C10H12F3N3O2S/c11-10(12,13)8-14-15-9(19-8)16-4-3-6(5-16)1-2-7(17)18/h6H,1-5H2,(H,17,18). The lowest BCUT2D eigenvalue weighted by atomic mass is 10.0. The number of anilines is 1. The molecular weight excluding hydrogens is 283 g/mol. The van der Waals surface area contributed by atoms with E-state index in [0.29, 0.717) is 30.8 Å². The van der Waals surface area contributed by atoms with E-state index in [1.807, 2.05) is 0 Å². The average molecular weight is 295 g/mol. The molecule has 1 saturated heterocycles. The van der Waals surface area contributed by atoms with Crippen LogP contribution in [-0.4, -0.2) is 34.4 Å². The largest absolute Gasteiger partial charge is 0.481 e. The number of carboxylic acid groups (broad SMARTS) is 1. The minimum Gasteiger partial charge on any atom is -0.481 e. The molecule has 1 atom stereocenters. The molecule has 0 amide bonds. The molecule has 9 heteroatoms. The molecule has 1 fully saturated rings. The minimum atomic E-state index is -4.46. The van der Waals surface area contributed by atoms with Gasteiger partial charge in [-0.15, -0.1) is 10.2 Å². The minimum absolute atomic E-state index is 0.0857. The van der Waals surface area contributed by atoms with Crippen molar-refractivity contribution in [3.63, 3.8) is 0 Å². The summed E-state index contributed by atoms with van der Waals surface area (Å²) < 4.78 is 37.2. The summed E-state index contributed by atoms with van der Waals surface area (Å²) in [6, 6.07) is 0. The highest BCUT2D eigenvalue weighted by atomic mass is 32.1. The van der Waals surface area contributed by atoms with Gasteiger partial charge in [0.15, 0.2) is 0 Å². The first kappa shape index (κ1) is 14.0. The van der Waals surface area contributed by atoms with E-state index in [0.717, 1.165) is 6.42 Å². The summed E-state index contributed by atoms with van der Waals surface area (Å²) in [6.07, 6.45) is -3.06. The number of halogens is 3. The van der Waals surface area contributed by atoms with Crippen LogP contribution in [0.2, 0.25) is 0 Å². The van der Waals surface area contributed by atoms with Crippen molar-refractivity contribution in [3.8, 4) is 0 Å². The van der Waals surface area contributed by atoms with Crippen molar-refractivity contribution in [2.45, 2.75) is 25.4 Å². The first-order valence-corrected chi connectivity index (χ1v) is 6.55. The summed E-state index contributed by atoms with van der Waals surface area (Å²) in [7, 11) is 0. The van der Waals surface area contributed by atoms with Crippen LogP contribution < -0.4 is 4.90 Å². The topological polar surface area (TPSA) is 66.3 Å². The highest BCUT2D eigenvalue weighted by Gasteiger charge is 2.37. The third-order valence-electron chi connectivity index (χ3n) is 2.98. The number of alkyl halides is 3. The van der Waals surface area contributed by atoms with Gasteiger partial charge in [0.1, 0.15) is 0 Å². The Morgan fingerprint density at radius 3 is 2.79 bits per heavy atom. The van der Waals surface area contributed by atoms with Gasteiger partial charge >= 0.3 is 12.1 Å². The van der Waals surface area contributed by atoms with Crippen molar-refractivity contribution in [3.05, 3.63) is 5.01 Å². The van der Waals surface area contributed by atoms with Crippen molar-refractivity contribution < 1.29 is 23.1 Å². The van der Waals surface area contributed by atoms with Gasteiger partial charge in [-0.1, -0.05) is 11.3 Å². The molecule has 1 aromatic rings. The van der Waals surface area contributed by atoms with Crippen molar-refractivity contribution in [2.24, 2.45) is 5.92 Å². The molecule has 2 heterocycles. The predicted molar refractivity (Wildman–Crippen MR) is 62.1 cm³/mol.